The summed E-state index contributed by atoms with van der Waals surface area (Å²) >= 11 is 0. The molecule has 0 saturated carbocycles. The van der Waals surface area contributed by atoms with Crippen molar-refractivity contribution in [3.05, 3.63) is 47.0 Å². The molecule has 2 aliphatic heterocycles. The van der Waals surface area contributed by atoms with Crippen LogP contribution in [0.15, 0.2) is 41.5 Å². The molecule has 0 radical (unpaired) electrons. The number of pyridine rings is 1. The van der Waals surface area contributed by atoms with Crippen LogP contribution in [-0.2, 0) is 7.05 Å². The van der Waals surface area contributed by atoms with Gasteiger partial charge in [-0.2, -0.15) is 0 Å². The number of aliphatic hydroxyl groups is 1. The highest BCUT2D eigenvalue weighted by Crippen LogP contribution is 2.32. The maximum absolute atomic E-state index is 13.0. The lowest BCUT2D eigenvalue weighted by Gasteiger charge is -2.34. The minimum absolute atomic E-state index is 0.0786. The molecule has 174 valence electrons. The van der Waals surface area contributed by atoms with E-state index >= 15 is 0 Å². The molecule has 8 nitrogen and oxygen atoms in total. The van der Waals surface area contributed by atoms with Gasteiger partial charge in [0.25, 0.3) is 5.56 Å². The fourth-order valence-corrected chi connectivity index (χ4v) is 4.93. The largest absolute Gasteiger partial charge is 0.396 e. The molecule has 33 heavy (non-hydrogen) atoms. The minimum Gasteiger partial charge on any atom is -0.396 e. The molecule has 0 amide bonds. The number of aliphatic hydroxyl groups excluding tert-OH is 1. The summed E-state index contributed by atoms with van der Waals surface area (Å²) in [6.45, 7) is 6.03. The van der Waals surface area contributed by atoms with E-state index in [4.69, 9.17) is 4.98 Å². The predicted molar refractivity (Wildman–Crippen MR) is 132 cm³/mol. The van der Waals surface area contributed by atoms with Crippen LogP contribution in [0.25, 0.3) is 22.2 Å². The van der Waals surface area contributed by atoms with Crippen molar-refractivity contribution in [2.45, 2.75) is 12.8 Å². The number of piperazine rings is 1. The number of benzene rings is 1. The van der Waals surface area contributed by atoms with E-state index in [-0.39, 0.29) is 12.2 Å². The standard InChI is InChI=1S/C25H32N6O2/c1-28-10-12-30(13-11-28)20-5-3-19(4-6-20)21-15-22-23(25(33)29(2)17-26-22)24(27-21)31-9-7-18(16-31)8-14-32/h3-6,15,17-18,32H,7-14,16H2,1-2H3/t18-/m0/s1. The Kier molecular flexibility index (Phi) is 6.03. The summed E-state index contributed by atoms with van der Waals surface area (Å²) in [4.78, 5) is 29.5. The van der Waals surface area contributed by atoms with Gasteiger partial charge < -0.3 is 24.4 Å². The molecule has 2 aromatic heterocycles. The van der Waals surface area contributed by atoms with E-state index in [0.29, 0.717) is 22.6 Å². The number of rotatable bonds is 5. The maximum atomic E-state index is 13.0. The Bertz CT molecular complexity index is 1180. The summed E-state index contributed by atoms with van der Waals surface area (Å²) in [5.41, 5.74) is 3.67. The number of hydrogen-bond donors (Lipinski definition) is 1. The van der Waals surface area contributed by atoms with Crippen molar-refractivity contribution in [2.24, 2.45) is 13.0 Å². The number of anilines is 2. The molecular weight excluding hydrogens is 416 g/mol. The summed E-state index contributed by atoms with van der Waals surface area (Å²) in [5, 5.41) is 9.93. The molecule has 0 spiro atoms. The van der Waals surface area contributed by atoms with E-state index in [9.17, 15) is 9.90 Å². The number of aromatic nitrogens is 3. The topological polar surface area (TPSA) is 77.7 Å². The summed E-state index contributed by atoms with van der Waals surface area (Å²) in [7, 11) is 3.89. The van der Waals surface area contributed by atoms with Crippen molar-refractivity contribution in [3.63, 3.8) is 0 Å². The maximum Gasteiger partial charge on any atom is 0.264 e. The van der Waals surface area contributed by atoms with Crippen LogP contribution in [0.5, 0.6) is 0 Å². The van der Waals surface area contributed by atoms with Gasteiger partial charge in [0.05, 0.1) is 17.5 Å². The van der Waals surface area contributed by atoms with Crippen LogP contribution >= 0.6 is 0 Å². The normalized spacial score (nSPS) is 19.5. The second kappa shape index (κ2) is 9.11. The zero-order chi connectivity index (χ0) is 22.9. The average molecular weight is 449 g/mol. The van der Waals surface area contributed by atoms with E-state index < -0.39 is 0 Å². The van der Waals surface area contributed by atoms with Gasteiger partial charge in [0, 0.05) is 64.2 Å². The van der Waals surface area contributed by atoms with Gasteiger partial charge in [-0.05, 0) is 44.0 Å². The third-order valence-electron chi connectivity index (χ3n) is 7.04. The lowest BCUT2D eigenvalue weighted by atomic mass is 10.1. The highest BCUT2D eigenvalue weighted by Gasteiger charge is 2.26. The van der Waals surface area contributed by atoms with Gasteiger partial charge in [-0.25, -0.2) is 9.97 Å². The van der Waals surface area contributed by atoms with Gasteiger partial charge in [0.1, 0.15) is 11.2 Å². The Balaban J connectivity index is 1.51. The number of likely N-dealkylation sites (N-methyl/N-ethyl adjacent to an activating group) is 1. The van der Waals surface area contributed by atoms with Gasteiger partial charge in [0.15, 0.2) is 0 Å². The molecule has 4 heterocycles. The van der Waals surface area contributed by atoms with Crippen LogP contribution in [0.3, 0.4) is 0 Å². The van der Waals surface area contributed by atoms with Crippen LogP contribution in [0, 0.1) is 5.92 Å². The van der Waals surface area contributed by atoms with Crippen molar-refractivity contribution >= 4 is 22.4 Å². The predicted octanol–water partition coefficient (Wildman–Crippen LogP) is 1.96. The first-order chi connectivity index (χ1) is 16.0. The first-order valence-corrected chi connectivity index (χ1v) is 11.8. The van der Waals surface area contributed by atoms with Gasteiger partial charge in [-0.15, -0.1) is 0 Å². The molecule has 3 aromatic rings. The summed E-state index contributed by atoms with van der Waals surface area (Å²) in [6, 6.07) is 10.5. The molecule has 2 saturated heterocycles. The molecule has 2 fully saturated rings. The third kappa shape index (κ3) is 4.32. The van der Waals surface area contributed by atoms with E-state index in [1.807, 2.05) is 6.07 Å². The molecule has 0 aliphatic carbocycles. The Labute approximate surface area is 194 Å². The Hall–Kier alpha value is -2.97. The Morgan fingerprint density at radius 3 is 2.52 bits per heavy atom. The van der Waals surface area contributed by atoms with Crippen molar-refractivity contribution in [1.29, 1.82) is 0 Å². The minimum atomic E-state index is -0.0786. The van der Waals surface area contributed by atoms with Crippen molar-refractivity contribution in [2.75, 3.05) is 62.7 Å². The van der Waals surface area contributed by atoms with E-state index in [1.165, 1.54) is 10.3 Å². The van der Waals surface area contributed by atoms with E-state index in [2.05, 4.69) is 51.0 Å². The fraction of sp³-hybridized carbons (Fsp3) is 0.480. The van der Waals surface area contributed by atoms with Gasteiger partial charge in [-0.3, -0.25) is 4.79 Å². The highest BCUT2D eigenvalue weighted by atomic mass is 16.3. The molecule has 1 aromatic carbocycles. The first kappa shape index (κ1) is 21.9. The summed E-state index contributed by atoms with van der Waals surface area (Å²) in [5.74, 6) is 1.12. The zero-order valence-corrected chi connectivity index (χ0v) is 19.4. The second-order valence-corrected chi connectivity index (χ2v) is 9.34. The Morgan fingerprint density at radius 2 is 1.79 bits per heavy atom. The smallest absolute Gasteiger partial charge is 0.264 e. The SMILES string of the molecule is CN1CCN(c2ccc(-c3cc4ncn(C)c(=O)c4c(N4CC[C@@H](CCO)C4)n3)cc2)CC1. The first-order valence-electron chi connectivity index (χ1n) is 11.8. The van der Waals surface area contributed by atoms with Crippen molar-refractivity contribution < 1.29 is 5.11 Å². The molecule has 2 aliphatic rings. The number of fused-ring (bicyclic) bond motifs is 1. The monoisotopic (exact) mass is 448 g/mol. The second-order valence-electron chi connectivity index (χ2n) is 9.34. The zero-order valence-electron chi connectivity index (χ0n) is 19.4. The van der Waals surface area contributed by atoms with Crippen LogP contribution in [0.4, 0.5) is 11.5 Å². The van der Waals surface area contributed by atoms with Crippen molar-refractivity contribution in [3.8, 4) is 11.3 Å². The average Bonchev–Trinajstić information content (AvgIpc) is 3.30. The quantitative estimate of drug-likeness (QED) is 0.639. The molecule has 0 bridgehead atoms. The number of aryl methyl sites for hydroxylation is 1. The lowest BCUT2D eigenvalue weighted by Crippen LogP contribution is -2.44. The summed E-state index contributed by atoms with van der Waals surface area (Å²) < 4.78 is 1.51. The van der Waals surface area contributed by atoms with Gasteiger partial charge in [-0.1, -0.05) is 12.1 Å². The van der Waals surface area contributed by atoms with E-state index in [0.717, 1.165) is 63.4 Å². The van der Waals surface area contributed by atoms with E-state index in [1.54, 1.807) is 13.4 Å². The molecule has 1 N–H and O–H groups in total. The van der Waals surface area contributed by atoms with Crippen LogP contribution in [-0.4, -0.2) is 77.5 Å². The third-order valence-corrected chi connectivity index (χ3v) is 7.04. The lowest BCUT2D eigenvalue weighted by molar-refractivity contribution is 0.263. The van der Waals surface area contributed by atoms with Crippen molar-refractivity contribution in [1.82, 2.24) is 19.4 Å². The number of nitrogens with zero attached hydrogens (tertiary/aromatic N) is 6. The summed E-state index contributed by atoms with van der Waals surface area (Å²) in [6.07, 6.45) is 3.35. The molecule has 1 atom stereocenters. The Morgan fingerprint density at radius 1 is 1.03 bits per heavy atom. The molecule has 5 rings (SSSR count). The molecule has 8 heteroatoms. The highest BCUT2D eigenvalue weighted by molar-refractivity contribution is 5.92. The van der Waals surface area contributed by atoms with Gasteiger partial charge >= 0.3 is 0 Å². The number of hydrogen-bond acceptors (Lipinski definition) is 7. The molecular formula is C25H32N6O2. The van der Waals surface area contributed by atoms with Crippen LogP contribution < -0.4 is 15.4 Å². The fourth-order valence-electron chi connectivity index (χ4n) is 4.93. The van der Waals surface area contributed by atoms with Crippen LogP contribution in [0.1, 0.15) is 12.8 Å². The molecule has 0 unspecified atom stereocenters. The van der Waals surface area contributed by atoms with Crippen LogP contribution in [0.2, 0.25) is 0 Å². The van der Waals surface area contributed by atoms with Gasteiger partial charge in [0.2, 0.25) is 0 Å².